The molecule has 0 aromatic carbocycles. The molecular weight excluding hydrogens is 839 g/mol. The van der Waals surface area contributed by atoms with Crippen LogP contribution in [-0.4, -0.2) is 87.5 Å². The van der Waals surface area contributed by atoms with Gasteiger partial charge in [-0.05, 0) is 96.3 Å². The third-order valence-corrected chi connectivity index (χ3v) is 11.5. The van der Waals surface area contributed by atoms with E-state index < -0.39 is 49.5 Å². The van der Waals surface area contributed by atoms with Gasteiger partial charge in [-0.3, -0.25) is 4.79 Å². The van der Waals surface area contributed by atoms with Crippen LogP contribution in [0.15, 0.2) is 122 Å². The SMILES string of the molecule is CC/C=C\C/C=C\C/C=C\C/C=C\C/C=C\C/C=C\C/C=C\C/C=C\CCCCCCC(=O)NC(COC1OC(CO)C(O)C(O)C1O)C(O)/C=C/CC/C=C/CCCCCCCCCCC. The number of rotatable bonds is 42. The molecule has 1 aliphatic rings. The van der Waals surface area contributed by atoms with Gasteiger partial charge in [0.2, 0.25) is 5.91 Å². The van der Waals surface area contributed by atoms with Crippen molar-refractivity contribution in [1.29, 1.82) is 0 Å². The zero-order chi connectivity index (χ0) is 48.7. The number of amides is 1. The van der Waals surface area contributed by atoms with Gasteiger partial charge in [-0.15, -0.1) is 0 Å². The summed E-state index contributed by atoms with van der Waals surface area (Å²) in [6.07, 6.45) is 62.5. The smallest absolute Gasteiger partial charge is 0.220 e. The van der Waals surface area contributed by atoms with E-state index in [9.17, 15) is 30.3 Å². The van der Waals surface area contributed by atoms with E-state index in [1.165, 1.54) is 57.8 Å². The third-order valence-electron chi connectivity index (χ3n) is 11.5. The number of carbonyl (C=O) groups excluding carboxylic acids is 1. The predicted octanol–water partition coefficient (Wildman–Crippen LogP) is 12.4. The van der Waals surface area contributed by atoms with E-state index >= 15 is 0 Å². The van der Waals surface area contributed by atoms with Gasteiger partial charge in [-0.2, -0.15) is 0 Å². The van der Waals surface area contributed by atoms with Crippen molar-refractivity contribution in [3.63, 3.8) is 0 Å². The van der Waals surface area contributed by atoms with Crippen LogP contribution in [0.25, 0.3) is 0 Å². The van der Waals surface area contributed by atoms with Crippen molar-refractivity contribution in [2.24, 2.45) is 0 Å². The largest absolute Gasteiger partial charge is 0.394 e. The fourth-order valence-electron chi connectivity index (χ4n) is 7.36. The van der Waals surface area contributed by atoms with Crippen LogP contribution in [0.5, 0.6) is 0 Å². The first-order valence-corrected chi connectivity index (χ1v) is 26.3. The van der Waals surface area contributed by atoms with Gasteiger partial charge in [0.05, 0.1) is 25.4 Å². The van der Waals surface area contributed by atoms with Gasteiger partial charge in [-0.25, -0.2) is 0 Å². The van der Waals surface area contributed by atoms with Crippen molar-refractivity contribution >= 4 is 5.91 Å². The maximum Gasteiger partial charge on any atom is 0.220 e. The Morgan fingerprint density at radius 1 is 0.522 bits per heavy atom. The molecule has 9 heteroatoms. The third kappa shape index (κ3) is 36.3. The highest BCUT2D eigenvalue weighted by Crippen LogP contribution is 2.22. The van der Waals surface area contributed by atoms with Crippen molar-refractivity contribution in [2.75, 3.05) is 13.2 Å². The van der Waals surface area contributed by atoms with Crippen LogP contribution in [0.3, 0.4) is 0 Å². The molecule has 0 radical (unpaired) electrons. The Hall–Kier alpha value is -3.41. The van der Waals surface area contributed by atoms with Gasteiger partial charge in [-0.1, -0.05) is 200 Å². The van der Waals surface area contributed by atoms with Crippen LogP contribution in [0.4, 0.5) is 0 Å². The first kappa shape index (κ1) is 61.6. The van der Waals surface area contributed by atoms with Gasteiger partial charge in [0.25, 0.3) is 0 Å². The summed E-state index contributed by atoms with van der Waals surface area (Å²) >= 11 is 0. The van der Waals surface area contributed by atoms with Crippen molar-refractivity contribution < 1.29 is 39.8 Å². The topological polar surface area (TPSA) is 149 Å². The lowest BCUT2D eigenvalue weighted by molar-refractivity contribution is -0.302. The number of hydrogen-bond donors (Lipinski definition) is 6. The molecule has 1 fully saturated rings. The summed E-state index contributed by atoms with van der Waals surface area (Å²) in [6, 6.07) is -0.844. The molecule has 7 unspecified atom stereocenters. The summed E-state index contributed by atoms with van der Waals surface area (Å²) in [5.74, 6) is -0.218. The number of carbonyl (C=O) groups is 1. The number of unbranched alkanes of at least 4 members (excludes halogenated alkanes) is 14. The highest BCUT2D eigenvalue weighted by atomic mass is 16.7. The maximum atomic E-state index is 13.0. The number of allylic oxidation sites excluding steroid dienone is 19. The molecule has 0 aromatic rings. The molecule has 0 aliphatic carbocycles. The molecule has 0 spiro atoms. The van der Waals surface area contributed by atoms with Crippen LogP contribution in [0.2, 0.25) is 0 Å². The monoisotopic (exact) mass is 934 g/mol. The molecule has 0 aromatic heterocycles. The molecule has 1 heterocycles. The number of aliphatic hydroxyl groups is 5. The molecule has 0 saturated carbocycles. The molecule has 6 N–H and O–H groups in total. The van der Waals surface area contributed by atoms with Gasteiger partial charge < -0.3 is 40.3 Å². The molecule has 1 amide bonds. The van der Waals surface area contributed by atoms with E-state index in [0.717, 1.165) is 96.3 Å². The van der Waals surface area contributed by atoms with Gasteiger partial charge >= 0.3 is 0 Å². The molecule has 1 aliphatic heterocycles. The minimum Gasteiger partial charge on any atom is -0.394 e. The molecule has 9 nitrogen and oxygen atoms in total. The second-order valence-electron chi connectivity index (χ2n) is 17.6. The fourth-order valence-corrected chi connectivity index (χ4v) is 7.36. The van der Waals surface area contributed by atoms with Gasteiger partial charge in [0.1, 0.15) is 24.4 Å². The van der Waals surface area contributed by atoms with E-state index in [1.807, 2.05) is 6.08 Å². The van der Waals surface area contributed by atoms with Gasteiger partial charge in [0, 0.05) is 6.42 Å². The van der Waals surface area contributed by atoms with Crippen LogP contribution in [-0.2, 0) is 14.3 Å². The van der Waals surface area contributed by atoms with Crippen LogP contribution >= 0.6 is 0 Å². The van der Waals surface area contributed by atoms with Crippen molar-refractivity contribution in [3.8, 4) is 0 Å². The Morgan fingerprint density at radius 2 is 0.940 bits per heavy atom. The maximum absolute atomic E-state index is 13.0. The zero-order valence-corrected chi connectivity index (χ0v) is 41.8. The Kier molecular flexibility index (Phi) is 42.6. The van der Waals surface area contributed by atoms with E-state index in [4.69, 9.17) is 9.47 Å². The Morgan fingerprint density at radius 3 is 1.43 bits per heavy atom. The lowest BCUT2D eigenvalue weighted by atomic mass is 9.99. The molecule has 0 bridgehead atoms. The summed E-state index contributed by atoms with van der Waals surface area (Å²) in [5, 5.41) is 54.3. The van der Waals surface area contributed by atoms with Crippen molar-refractivity contribution in [3.05, 3.63) is 122 Å². The molecular formula is C58H95NO8. The predicted molar refractivity (Wildman–Crippen MR) is 280 cm³/mol. The minimum atomic E-state index is -1.58. The summed E-state index contributed by atoms with van der Waals surface area (Å²) in [6.45, 7) is 3.61. The van der Waals surface area contributed by atoms with E-state index in [1.54, 1.807) is 6.08 Å². The van der Waals surface area contributed by atoms with E-state index in [0.29, 0.717) is 12.8 Å². The lowest BCUT2D eigenvalue weighted by Gasteiger charge is -2.40. The standard InChI is InChI=1S/C58H95NO8/c1-3-5-7-9-11-13-15-17-19-20-21-22-23-24-25-26-27-28-29-30-31-32-34-36-38-40-42-44-46-48-54(62)59-51(50-66-58-57(65)56(64)55(63)53(49-60)67-58)52(61)47-45-43-41-39-37-35-33-18-16-14-12-10-8-6-4-2/h5,7,11,13,17,19,21-22,24-25,27-28,30-31,34,36-37,39,45,47,51-53,55-58,60-61,63-65H,3-4,6,8-10,12,14-16,18,20,23,26,29,32-33,35,38,40-44,46,48-50H2,1-2H3,(H,59,62)/b7-5-,13-11-,19-17-,22-21-,25-24-,28-27-,31-30-,36-34-,39-37+,47-45+. The average molecular weight is 934 g/mol. The number of ether oxygens (including phenoxy) is 2. The van der Waals surface area contributed by atoms with Gasteiger partial charge in [0.15, 0.2) is 6.29 Å². The van der Waals surface area contributed by atoms with Crippen molar-refractivity contribution in [2.45, 2.75) is 224 Å². The minimum absolute atomic E-state index is 0.218. The molecule has 1 saturated heterocycles. The Labute approximate surface area is 408 Å². The highest BCUT2D eigenvalue weighted by molar-refractivity contribution is 5.76. The van der Waals surface area contributed by atoms with E-state index in [2.05, 4.69) is 129 Å². The summed E-state index contributed by atoms with van der Waals surface area (Å²) in [5.41, 5.74) is 0. The van der Waals surface area contributed by atoms with Crippen LogP contribution < -0.4 is 5.32 Å². The number of aliphatic hydroxyl groups excluding tert-OH is 5. The summed E-state index contributed by atoms with van der Waals surface area (Å²) < 4.78 is 11.2. The van der Waals surface area contributed by atoms with E-state index in [-0.39, 0.29) is 12.5 Å². The van der Waals surface area contributed by atoms with Crippen LogP contribution in [0, 0.1) is 0 Å². The molecule has 380 valence electrons. The molecule has 1 rings (SSSR count). The van der Waals surface area contributed by atoms with Crippen LogP contribution in [0.1, 0.15) is 181 Å². The zero-order valence-electron chi connectivity index (χ0n) is 41.8. The normalized spacial score (nSPS) is 20.7. The lowest BCUT2D eigenvalue weighted by Crippen LogP contribution is -2.60. The second kappa shape index (κ2) is 46.3. The highest BCUT2D eigenvalue weighted by Gasteiger charge is 2.44. The Balaban J connectivity index is 2.32. The fraction of sp³-hybridized carbons (Fsp3) is 0.638. The first-order chi connectivity index (χ1) is 32.8. The first-order valence-electron chi connectivity index (χ1n) is 26.3. The average Bonchev–Trinajstić information content (AvgIpc) is 3.33. The molecule has 7 atom stereocenters. The number of hydrogen-bond acceptors (Lipinski definition) is 8. The summed E-state index contributed by atoms with van der Waals surface area (Å²) in [4.78, 5) is 13.0. The summed E-state index contributed by atoms with van der Waals surface area (Å²) in [7, 11) is 0. The quantitative estimate of drug-likeness (QED) is 0.0262. The second-order valence-corrected chi connectivity index (χ2v) is 17.6. The van der Waals surface area contributed by atoms with Crippen molar-refractivity contribution in [1.82, 2.24) is 5.32 Å². The Bertz CT molecular complexity index is 1460. The number of nitrogens with one attached hydrogen (secondary N) is 1. The molecule has 67 heavy (non-hydrogen) atoms.